The Labute approximate surface area is 204 Å². The molecule has 6 nitrogen and oxygen atoms in total. The van der Waals surface area contributed by atoms with Gasteiger partial charge in [-0.3, -0.25) is 9.59 Å². The smallest absolute Gasteiger partial charge is 0.329 e. The molecule has 0 aliphatic carbocycles. The molecular weight excluding hydrogens is 496 g/mol. The number of hydrogen-bond donors (Lipinski definition) is 2. The largest absolute Gasteiger partial charge is 0.489 e. The summed E-state index contributed by atoms with van der Waals surface area (Å²) in [5.74, 6) is -1.30. The van der Waals surface area contributed by atoms with Gasteiger partial charge in [-0.1, -0.05) is 64.6 Å². The maximum atomic E-state index is 12.0. The van der Waals surface area contributed by atoms with Crippen LogP contribution in [-0.2, 0) is 16.2 Å². The highest BCUT2D eigenvalue weighted by molar-refractivity contribution is 6.40. The number of amides is 2. The van der Waals surface area contributed by atoms with Crippen LogP contribution in [0.5, 0.6) is 5.75 Å². The summed E-state index contributed by atoms with van der Waals surface area (Å²) in [6.45, 7) is 0.251. The van der Waals surface area contributed by atoms with Crippen LogP contribution in [0.1, 0.15) is 11.1 Å². The fourth-order valence-electron chi connectivity index (χ4n) is 2.51. The van der Waals surface area contributed by atoms with E-state index in [4.69, 9.17) is 51.1 Å². The maximum absolute atomic E-state index is 12.0. The zero-order valence-electron chi connectivity index (χ0n) is 16.2. The van der Waals surface area contributed by atoms with E-state index in [0.29, 0.717) is 31.4 Å². The summed E-state index contributed by atoms with van der Waals surface area (Å²) in [6.07, 6.45) is 1.38. The number of benzene rings is 3. The van der Waals surface area contributed by atoms with Crippen molar-refractivity contribution in [3.05, 3.63) is 91.9 Å². The minimum Gasteiger partial charge on any atom is -0.489 e. The second-order valence-corrected chi connectivity index (χ2v) is 8.12. The molecule has 0 heterocycles. The van der Waals surface area contributed by atoms with E-state index in [-0.39, 0.29) is 12.3 Å². The zero-order valence-corrected chi connectivity index (χ0v) is 19.3. The van der Waals surface area contributed by atoms with E-state index in [1.165, 1.54) is 24.4 Å². The van der Waals surface area contributed by atoms with Crippen molar-refractivity contribution in [3.8, 4) is 5.75 Å². The topological polar surface area (TPSA) is 79.8 Å². The van der Waals surface area contributed by atoms with Crippen molar-refractivity contribution < 1.29 is 14.3 Å². The number of rotatable bonds is 6. The molecule has 0 aliphatic rings. The Kier molecular flexibility index (Phi) is 8.36. The van der Waals surface area contributed by atoms with E-state index in [2.05, 4.69) is 15.8 Å². The van der Waals surface area contributed by atoms with Crippen LogP contribution in [0, 0.1) is 0 Å². The van der Waals surface area contributed by atoms with Crippen molar-refractivity contribution >= 4 is 70.1 Å². The lowest BCUT2D eigenvalue weighted by Crippen LogP contribution is -2.32. The van der Waals surface area contributed by atoms with E-state index >= 15 is 0 Å². The molecular formula is C22H15Cl4N3O3. The molecule has 2 amide bonds. The van der Waals surface area contributed by atoms with Crippen LogP contribution in [0.3, 0.4) is 0 Å². The van der Waals surface area contributed by atoms with Crippen molar-refractivity contribution in [3.63, 3.8) is 0 Å². The van der Waals surface area contributed by atoms with Gasteiger partial charge in [-0.2, -0.15) is 5.10 Å². The number of ether oxygens (including phenoxy) is 1. The van der Waals surface area contributed by atoms with Crippen LogP contribution in [0.15, 0.2) is 65.8 Å². The summed E-state index contributed by atoms with van der Waals surface area (Å²) in [4.78, 5) is 23.9. The van der Waals surface area contributed by atoms with E-state index in [1.54, 1.807) is 42.5 Å². The summed E-state index contributed by atoms with van der Waals surface area (Å²) >= 11 is 23.8. The van der Waals surface area contributed by atoms with E-state index in [9.17, 15) is 9.59 Å². The van der Waals surface area contributed by atoms with Gasteiger partial charge in [0, 0.05) is 31.3 Å². The van der Waals surface area contributed by atoms with Gasteiger partial charge in [0.15, 0.2) is 0 Å². The highest BCUT2D eigenvalue weighted by Gasteiger charge is 2.13. The number of nitrogens with one attached hydrogen (secondary N) is 2. The molecule has 0 atom stereocenters. The van der Waals surface area contributed by atoms with Gasteiger partial charge in [0.25, 0.3) is 0 Å². The van der Waals surface area contributed by atoms with Crippen molar-refractivity contribution in [2.45, 2.75) is 6.61 Å². The third-order valence-corrected chi connectivity index (χ3v) is 5.00. The third kappa shape index (κ3) is 7.14. The SMILES string of the molecule is O=C(N/N=C/c1cccc(OCc2ccc(Cl)cc2Cl)c1)C(=O)Nc1cc(Cl)cc(Cl)c1. The van der Waals surface area contributed by atoms with Gasteiger partial charge in [-0.15, -0.1) is 0 Å². The Hall–Kier alpha value is -2.77. The van der Waals surface area contributed by atoms with Crippen LogP contribution in [-0.4, -0.2) is 18.0 Å². The minimum absolute atomic E-state index is 0.251. The molecule has 0 unspecified atom stereocenters. The van der Waals surface area contributed by atoms with Gasteiger partial charge in [-0.25, -0.2) is 5.43 Å². The second kappa shape index (κ2) is 11.2. The number of hydrogen-bond acceptors (Lipinski definition) is 4. The molecule has 0 aliphatic heterocycles. The fourth-order valence-corrected chi connectivity index (χ4v) is 3.50. The van der Waals surface area contributed by atoms with E-state index in [1.807, 2.05) is 0 Å². The average Bonchev–Trinajstić information content (AvgIpc) is 2.72. The molecule has 3 aromatic rings. The van der Waals surface area contributed by atoms with E-state index < -0.39 is 11.8 Å². The quantitative estimate of drug-likeness (QED) is 0.243. The molecule has 2 N–H and O–H groups in total. The number of halogens is 4. The maximum Gasteiger partial charge on any atom is 0.329 e. The molecule has 164 valence electrons. The van der Waals surface area contributed by atoms with Gasteiger partial charge in [0.05, 0.1) is 6.21 Å². The van der Waals surface area contributed by atoms with Gasteiger partial charge >= 0.3 is 11.8 Å². The van der Waals surface area contributed by atoms with Gasteiger partial charge in [-0.05, 0) is 48.0 Å². The highest BCUT2D eigenvalue weighted by Crippen LogP contribution is 2.23. The minimum atomic E-state index is -0.956. The monoisotopic (exact) mass is 509 g/mol. The lowest BCUT2D eigenvalue weighted by molar-refractivity contribution is -0.136. The normalized spacial score (nSPS) is 10.8. The molecule has 3 aromatic carbocycles. The molecule has 10 heteroatoms. The first-order valence-corrected chi connectivity index (χ1v) is 10.6. The first-order chi connectivity index (χ1) is 15.3. The summed E-state index contributed by atoms with van der Waals surface area (Å²) in [5, 5.41) is 7.89. The first-order valence-electron chi connectivity index (χ1n) is 9.07. The molecule has 0 saturated heterocycles. The zero-order chi connectivity index (χ0) is 23.1. The van der Waals surface area contributed by atoms with Crippen molar-refractivity contribution in [2.75, 3.05) is 5.32 Å². The Morgan fingerprint density at radius 1 is 0.875 bits per heavy atom. The third-order valence-electron chi connectivity index (χ3n) is 3.97. The predicted molar refractivity (Wildman–Crippen MR) is 128 cm³/mol. The number of carbonyl (C=O) groups excluding carboxylic acids is 2. The molecule has 0 fully saturated rings. The Balaban J connectivity index is 1.54. The van der Waals surface area contributed by atoms with Gasteiger partial charge < -0.3 is 10.1 Å². The number of nitrogens with zero attached hydrogens (tertiary/aromatic N) is 1. The van der Waals surface area contributed by atoms with Crippen LogP contribution in [0.4, 0.5) is 5.69 Å². The molecule has 3 rings (SSSR count). The summed E-state index contributed by atoms with van der Waals surface area (Å²) in [5.41, 5.74) is 3.87. The fraction of sp³-hybridized carbons (Fsp3) is 0.0455. The summed E-state index contributed by atoms with van der Waals surface area (Å²) in [6, 6.07) is 16.6. The van der Waals surface area contributed by atoms with Crippen LogP contribution >= 0.6 is 46.4 Å². The Bertz CT molecular complexity index is 1160. The number of hydrazone groups is 1. The number of carbonyl (C=O) groups is 2. The summed E-state index contributed by atoms with van der Waals surface area (Å²) < 4.78 is 5.74. The van der Waals surface area contributed by atoms with Crippen LogP contribution in [0.2, 0.25) is 20.1 Å². The van der Waals surface area contributed by atoms with Gasteiger partial charge in [0.1, 0.15) is 12.4 Å². The molecule has 0 aromatic heterocycles. The Morgan fingerprint density at radius 3 is 2.34 bits per heavy atom. The molecule has 32 heavy (non-hydrogen) atoms. The molecule has 0 spiro atoms. The molecule has 0 bridgehead atoms. The summed E-state index contributed by atoms with van der Waals surface area (Å²) in [7, 11) is 0. The second-order valence-electron chi connectivity index (χ2n) is 6.41. The predicted octanol–water partition coefficient (Wildman–Crippen LogP) is 5.97. The van der Waals surface area contributed by atoms with Crippen LogP contribution in [0.25, 0.3) is 0 Å². The lowest BCUT2D eigenvalue weighted by Gasteiger charge is -2.08. The van der Waals surface area contributed by atoms with Crippen molar-refractivity contribution in [1.29, 1.82) is 0 Å². The highest BCUT2D eigenvalue weighted by atomic mass is 35.5. The molecule has 0 radical (unpaired) electrons. The Morgan fingerprint density at radius 2 is 1.62 bits per heavy atom. The van der Waals surface area contributed by atoms with Gasteiger partial charge in [0.2, 0.25) is 0 Å². The molecule has 0 saturated carbocycles. The van der Waals surface area contributed by atoms with Crippen molar-refractivity contribution in [1.82, 2.24) is 5.43 Å². The lowest BCUT2D eigenvalue weighted by atomic mass is 10.2. The van der Waals surface area contributed by atoms with Crippen LogP contribution < -0.4 is 15.5 Å². The first kappa shape index (κ1) is 23.9. The average molecular weight is 511 g/mol. The van der Waals surface area contributed by atoms with E-state index in [0.717, 1.165) is 5.56 Å². The number of anilines is 1. The van der Waals surface area contributed by atoms with Crippen molar-refractivity contribution in [2.24, 2.45) is 5.10 Å². The standard InChI is InChI=1S/C22H15Cl4N3O3/c23-15-5-4-14(20(26)10-15)12-32-19-3-1-2-13(6-19)11-27-29-22(31)21(30)28-18-8-16(24)7-17(25)9-18/h1-11H,12H2,(H,28,30)(H,29,31)/b27-11+.